The normalized spacial score (nSPS) is 10.8. The molecule has 1 heterocycles. The van der Waals surface area contributed by atoms with Crippen molar-refractivity contribution >= 4 is 17.2 Å². The molecule has 0 unspecified atom stereocenters. The molecular formula is C16H24N4. The largest absolute Gasteiger partial charge is 0.394 e. The number of benzene rings is 1. The summed E-state index contributed by atoms with van der Waals surface area (Å²) in [5.74, 6) is 0.896. The van der Waals surface area contributed by atoms with E-state index in [1.54, 1.807) is 0 Å². The number of nitrogens with zero attached hydrogens (tertiary/aromatic N) is 2. The van der Waals surface area contributed by atoms with Crippen LogP contribution in [-0.2, 0) is 13.0 Å². The van der Waals surface area contributed by atoms with Gasteiger partial charge in [-0.2, -0.15) is 5.10 Å². The lowest BCUT2D eigenvalue weighted by Crippen LogP contribution is -2.05. The van der Waals surface area contributed by atoms with Crippen molar-refractivity contribution in [1.82, 2.24) is 9.78 Å². The molecule has 1 aromatic heterocycles. The predicted octanol–water partition coefficient (Wildman–Crippen LogP) is 3.88. The van der Waals surface area contributed by atoms with E-state index in [-0.39, 0.29) is 0 Å². The van der Waals surface area contributed by atoms with Crippen LogP contribution in [0.25, 0.3) is 0 Å². The molecule has 0 fully saturated rings. The first-order chi connectivity index (χ1) is 9.65. The van der Waals surface area contributed by atoms with Crippen molar-refractivity contribution in [2.45, 2.75) is 46.6 Å². The van der Waals surface area contributed by atoms with E-state index in [9.17, 15) is 0 Å². The number of hydrogen-bond acceptors (Lipinski definition) is 3. The fraction of sp³-hybridized carbons (Fsp3) is 0.438. The van der Waals surface area contributed by atoms with Gasteiger partial charge in [-0.15, -0.1) is 0 Å². The number of aryl methyl sites for hydroxylation is 3. The van der Waals surface area contributed by atoms with Gasteiger partial charge in [-0.1, -0.05) is 32.4 Å². The molecule has 108 valence electrons. The lowest BCUT2D eigenvalue weighted by atomic mass is 10.1. The molecule has 0 aliphatic rings. The monoisotopic (exact) mass is 272 g/mol. The van der Waals surface area contributed by atoms with Crippen LogP contribution in [0.15, 0.2) is 24.3 Å². The summed E-state index contributed by atoms with van der Waals surface area (Å²) >= 11 is 0. The van der Waals surface area contributed by atoms with Gasteiger partial charge in [-0.3, -0.25) is 0 Å². The Balaban J connectivity index is 2.20. The number of nitrogen functional groups attached to an aromatic ring is 1. The summed E-state index contributed by atoms with van der Waals surface area (Å²) in [6, 6.07) is 8.52. The molecule has 4 nitrogen and oxygen atoms in total. The van der Waals surface area contributed by atoms with Gasteiger partial charge >= 0.3 is 0 Å². The smallest absolute Gasteiger partial charge is 0.152 e. The minimum absolute atomic E-state index is 0.732. The first kappa shape index (κ1) is 14.4. The zero-order valence-electron chi connectivity index (χ0n) is 12.6. The highest BCUT2D eigenvalue weighted by Gasteiger charge is 2.11. The van der Waals surface area contributed by atoms with Crippen LogP contribution in [0, 0.1) is 6.92 Å². The second kappa shape index (κ2) is 6.46. The first-order valence-corrected chi connectivity index (χ1v) is 7.34. The van der Waals surface area contributed by atoms with Crippen LogP contribution in [0.4, 0.5) is 17.2 Å². The van der Waals surface area contributed by atoms with Crippen molar-refractivity contribution in [2.24, 2.45) is 0 Å². The highest BCUT2D eigenvalue weighted by Crippen LogP contribution is 2.26. The zero-order valence-corrected chi connectivity index (χ0v) is 12.6. The van der Waals surface area contributed by atoms with Crippen LogP contribution < -0.4 is 11.1 Å². The van der Waals surface area contributed by atoms with Crippen LogP contribution in [0.5, 0.6) is 0 Å². The van der Waals surface area contributed by atoms with Gasteiger partial charge in [0.1, 0.15) is 0 Å². The summed E-state index contributed by atoms with van der Waals surface area (Å²) in [6.45, 7) is 7.14. The quantitative estimate of drug-likeness (QED) is 0.839. The first-order valence-electron chi connectivity index (χ1n) is 7.34. The van der Waals surface area contributed by atoms with Crippen LogP contribution in [0.1, 0.15) is 37.9 Å². The number of aromatic nitrogens is 2. The van der Waals surface area contributed by atoms with E-state index in [1.165, 1.54) is 12.0 Å². The van der Waals surface area contributed by atoms with Crippen molar-refractivity contribution in [1.29, 1.82) is 0 Å². The fourth-order valence-corrected chi connectivity index (χ4v) is 2.28. The van der Waals surface area contributed by atoms with Gasteiger partial charge in [-0.05, 0) is 37.5 Å². The Morgan fingerprint density at radius 2 is 1.85 bits per heavy atom. The third kappa shape index (κ3) is 3.13. The zero-order chi connectivity index (χ0) is 14.5. The third-order valence-corrected chi connectivity index (χ3v) is 3.36. The summed E-state index contributed by atoms with van der Waals surface area (Å²) < 4.78 is 1.95. The van der Waals surface area contributed by atoms with Crippen molar-refractivity contribution in [3.63, 3.8) is 0 Å². The Bertz CT molecular complexity index is 555. The Labute approximate surface area is 121 Å². The molecule has 3 N–H and O–H groups in total. The lowest BCUT2D eigenvalue weighted by molar-refractivity contribution is 0.605. The molecule has 0 aliphatic heterocycles. The Morgan fingerprint density at radius 1 is 1.15 bits per heavy atom. The van der Waals surface area contributed by atoms with Gasteiger partial charge in [0.2, 0.25) is 0 Å². The van der Waals surface area contributed by atoms with E-state index in [1.807, 2.05) is 11.6 Å². The molecule has 4 heteroatoms. The number of rotatable bonds is 6. The second-order valence-electron chi connectivity index (χ2n) is 5.14. The van der Waals surface area contributed by atoms with Crippen LogP contribution >= 0.6 is 0 Å². The van der Waals surface area contributed by atoms with Crippen LogP contribution in [-0.4, -0.2) is 9.78 Å². The standard InChI is InChI=1S/C16H24N4/c1-4-6-13-7-9-14(10-8-13)18-16-15(17)12(3)19-20(16)11-5-2/h7-10,18H,4-6,11,17H2,1-3H3. The maximum atomic E-state index is 6.11. The molecule has 0 saturated carbocycles. The third-order valence-electron chi connectivity index (χ3n) is 3.36. The van der Waals surface area contributed by atoms with E-state index in [0.717, 1.165) is 42.3 Å². The molecule has 20 heavy (non-hydrogen) atoms. The summed E-state index contributed by atoms with van der Waals surface area (Å²) in [4.78, 5) is 0. The maximum Gasteiger partial charge on any atom is 0.152 e. The molecule has 2 rings (SSSR count). The summed E-state index contributed by atoms with van der Waals surface area (Å²) in [7, 11) is 0. The van der Waals surface area contributed by atoms with E-state index >= 15 is 0 Å². The topological polar surface area (TPSA) is 55.9 Å². The van der Waals surface area contributed by atoms with Gasteiger partial charge in [0.05, 0.1) is 11.4 Å². The molecule has 2 aromatic rings. The average molecular weight is 272 g/mol. The molecule has 0 spiro atoms. The lowest BCUT2D eigenvalue weighted by Gasteiger charge is -2.10. The molecule has 0 aliphatic carbocycles. The Hall–Kier alpha value is -1.97. The predicted molar refractivity (Wildman–Crippen MR) is 85.4 cm³/mol. The fourth-order valence-electron chi connectivity index (χ4n) is 2.28. The van der Waals surface area contributed by atoms with E-state index in [2.05, 4.69) is 48.5 Å². The number of anilines is 3. The van der Waals surface area contributed by atoms with Crippen molar-refractivity contribution in [3.8, 4) is 0 Å². The van der Waals surface area contributed by atoms with E-state index < -0.39 is 0 Å². The molecular weight excluding hydrogens is 248 g/mol. The average Bonchev–Trinajstić information content (AvgIpc) is 2.70. The SMILES string of the molecule is CCCc1ccc(Nc2c(N)c(C)nn2CCC)cc1. The van der Waals surface area contributed by atoms with Crippen molar-refractivity contribution in [2.75, 3.05) is 11.1 Å². The van der Waals surface area contributed by atoms with Crippen LogP contribution in [0.2, 0.25) is 0 Å². The molecule has 1 aromatic carbocycles. The van der Waals surface area contributed by atoms with E-state index in [4.69, 9.17) is 5.73 Å². The molecule has 0 atom stereocenters. The van der Waals surface area contributed by atoms with Crippen molar-refractivity contribution < 1.29 is 0 Å². The summed E-state index contributed by atoms with van der Waals surface area (Å²) in [5, 5.41) is 7.86. The van der Waals surface area contributed by atoms with E-state index in [0.29, 0.717) is 0 Å². The second-order valence-corrected chi connectivity index (χ2v) is 5.14. The minimum atomic E-state index is 0.732. The highest BCUT2D eigenvalue weighted by molar-refractivity contribution is 5.71. The van der Waals surface area contributed by atoms with Crippen LogP contribution in [0.3, 0.4) is 0 Å². The summed E-state index contributed by atoms with van der Waals surface area (Å²) in [6.07, 6.45) is 3.32. The summed E-state index contributed by atoms with van der Waals surface area (Å²) in [5.41, 5.74) is 10.1. The van der Waals surface area contributed by atoms with Gasteiger partial charge in [0.25, 0.3) is 0 Å². The molecule has 0 saturated heterocycles. The molecule has 0 amide bonds. The van der Waals surface area contributed by atoms with Crippen molar-refractivity contribution in [3.05, 3.63) is 35.5 Å². The number of nitrogens with one attached hydrogen (secondary N) is 1. The van der Waals surface area contributed by atoms with Gasteiger partial charge in [0.15, 0.2) is 5.82 Å². The number of nitrogens with two attached hydrogens (primary N) is 1. The molecule has 0 radical (unpaired) electrons. The van der Waals surface area contributed by atoms with Gasteiger partial charge < -0.3 is 11.1 Å². The maximum absolute atomic E-state index is 6.11. The Kier molecular flexibility index (Phi) is 4.66. The molecule has 0 bridgehead atoms. The Morgan fingerprint density at radius 3 is 2.45 bits per heavy atom. The highest BCUT2D eigenvalue weighted by atomic mass is 15.3. The number of hydrogen-bond donors (Lipinski definition) is 2. The van der Waals surface area contributed by atoms with Gasteiger partial charge in [-0.25, -0.2) is 4.68 Å². The van der Waals surface area contributed by atoms with Gasteiger partial charge in [0, 0.05) is 12.2 Å². The minimum Gasteiger partial charge on any atom is -0.394 e.